The van der Waals surface area contributed by atoms with Crippen molar-refractivity contribution >= 4 is 17.5 Å². The van der Waals surface area contributed by atoms with Gasteiger partial charge in [-0.15, -0.1) is 0 Å². The monoisotopic (exact) mass is 385 g/mol. The first-order valence-electron chi connectivity index (χ1n) is 9.41. The fourth-order valence-corrected chi connectivity index (χ4v) is 3.61. The van der Waals surface area contributed by atoms with Crippen molar-refractivity contribution in [1.82, 2.24) is 14.7 Å². The van der Waals surface area contributed by atoms with E-state index in [1.54, 1.807) is 23.7 Å². The standard InChI is InChI=1S/C20H27N5O3/c1-4-24(15-5-7-16(28-3)8-6-15)10-9-18(26)25-12-14-11-23(2)22-19(14)17(13-25)20(21)27/h5-8,11,17H,4,9-10,12-13H2,1-3H3,(H2,21,27). The molecule has 0 spiro atoms. The van der Waals surface area contributed by atoms with E-state index in [1.165, 1.54) is 0 Å². The maximum absolute atomic E-state index is 12.8. The number of nitrogens with two attached hydrogens (primary N) is 1. The van der Waals surface area contributed by atoms with Gasteiger partial charge in [0.1, 0.15) is 5.75 Å². The molecule has 0 radical (unpaired) electrons. The summed E-state index contributed by atoms with van der Waals surface area (Å²) in [6.45, 7) is 4.18. The zero-order valence-electron chi connectivity index (χ0n) is 16.6. The van der Waals surface area contributed by atoms with Gasteiger partial charge >= 0.3 is 0 Å². The Morgan fingerprint density at radius 3 is 2.64 bits per heavy atom. The average molecular weight is 385 g/mol. The maximum Gasteiger partial charge on any atom is 0.228 e. The number of benzene rings is 1. The molecular formula is C20H27N5O3. The van der Waals surface area contributed by atoms with Crippen LogP contribution in [0.25, 0.3) is 0 Å². The smallest absolute Gasteiger partial charge is 0.228 e. The number of aryl methyl sites for hydroxylation is 1. The van der Waals surface area contributed by atoms with Gasteiger partial charge in [-0.1, -0.05) is 0 Å². The van der Waals surface area contributed by atoms with Crippen molar-refractivity contribution in [3.05, 3.63) is 41.7 Å². The number of methoxy groups -OCH3 is 1. The van der Waals surface area contributed by atoms with E-state index in [2.05, 4.69) is 16.9 Å². The lowest BCUT2D eigenvalue weighted by atomic mass is 9.95. The van der Waals surface area contributed by atoms with Crippen LogP contribution in [0, 0.1) is 0 Å². The predicted octanol–water partition coefficient (Wildman–Crippen LogP) is 1.26. The summed E-state index contributed by atoms with van der Waals surface area (Å²) in [5.74, 6) is -0.203. The highest BCUT2D eigenvalue weighted by molar-refractivity contribution is 5.84. The summed E-state index contributed by atoms with van der Waals surface area (Å²) in [6.07, 6.45) is 2.21. The van der Waals surface area contributed by atoms with Crippen LogP contribution in [0.15, 0.2) is 30.5 Å². The van der Waals surface area contributed by atoms with E-state index in [-0.39, 0.29) is 12.5 Å². The first-order chi connectivity index (χ1) is 13.4. The van der Waals surface area contributed by atoms with Gasteiger partial charge in [0.05, 0.1) is 18.7 Å². The van der Waals surface area contributed by atoms with Gasteiger partial charge in [-0.25, -0.2) is 0 Å². The van der Waals surface area contributed by atoms with Crippen LogP contribution < -0.4 is 15.4 Å². The third-order valence-electron chi connectivity index (χ3n) is 5.14. The Morgan fingerprint density at radius 1 is 1.32 bits per heavy atom. The first kappa shape index (κ1) is 19.7. The summed E-state index contributed by atoms with van der Waals surface area (Å²) in [6, 6.07) is 7.79. The van der Waals surface area contributed by atoms with E-state index in [0.717, 1.165) is 23.5 Å². The number of ether oxygens (including phenoxy) is 1. The lowest BCUT2D eigenvalue weighted by molar-refractivity contribution is -0.133. The molecule has 0 bridgehead atoms. The summed E-state index contributed by atoms with van der Waals surface area (Å²) >= 11 is 0. The number of aromatic nitrogens is 2. The molecule has 2 amide bonds. The van der Waals surface area contributed by atoms with Gasteiger partial charge < -0.3 is 20.3 Å². The third kappa shape index (κ3) is 4.11. The quantitative estimate of drug-likeness (QED) is 0.774. The van der Waals surface area contributed by atoms with Crippen LogP contribution in [0.5, 0.6) is 5.75 Å². The number of fused-ring (bicyclic) bond motifs is 1. The molecule has 1 unspecified atom stereocenters. The second kappa shape index (κ2) is 8.33. The molecule has 0 saturated carbocycles. The van der Waals surface area contributed by atoms with E-state index < -0.39 is 11.8 Å². The number of hydrogen-bond donors (Lipinski definition) is 1. The molecule has 0 aliphatic carbocycles. The number of amides is 2. The van der Waals surface area contributed by atoms with Gasteiger partial charge in [0.25, 0.3) is 0 Å². The largest absolute Gasteiger partial charge is 0.497 e. The molecule has 2 heterocycles. The molecular weight excluding hydrogens is 358 g/mol. The number of hydrogen-bond acceptors (Lipinski definition) is 5. The Balaban J connectivity index is 1.66. The fourth-order valence-electron chi connectivity index (χ4n) is 3.61. The van der Waals surface area contributed by atoms with Crippen LogP contribution in [0.1, 0.15) is 30.5 Å². The Kier molecular flexibility index (Phi) is 5.87. The highest BCUT2D eigenvalue weighted by Crippen LogP contribution is 2.27. The van der Waals surface area contributed by atoms with Crippen LogP contribution in [-0.2, 0) is 23.2 Å². The average Bonchev–Trinajstić information content (AvgIpc) is 3.07. The molecule has 8 heteroatoms. The van der Waals surface area contributed by atoms with Crippen molar-refractivity contribution in [2.45, 2.75) is 25.8 Å². The van der Waals surface area contributed by atoms with Crippen molar-refractivity contribution < 1.29 is 14.3 Å². The van der Waals surface area contributed by atoms with Gasteiger partial charge in [-0.05, 0) is 31.2 Å². The molecule has 1 aliphatic rings. The second-order valence-electron chi connectivity index (χ2n) is 6.97. The fraction of sp³-hybridized carbons (Fsp3) is 0.450. The summed E-state index contributed by atoms with van der Waals surface area (Å²) < 4.78 is 6.86. The minimum absolute atomic E-state index is 0.00714. The van der Waals surface area contributed by atoms with Crippen LogP contribution in [0.2, 0.25) is 0 Å². The number of rotatable bonds is 7. The SMILES string of the molecule is CCN(CCC(=O)N1Cc2cn(C)nc2C(C(N)=O)C1)c1ccc(OC)cc1. The molecule has 1 aromatic heterocycles. The first-order valence-corrected chi connectivity index (χ1v) is 9.41. The minimum Gasteiger partial charge on any atom is -0.497 e. The highest BCUT2D eigenvalue weighted by Gasteiger charge is 2.33. The molecule has 1 atom stereocenters. The number of nitrogens with zero attached hydrogens (tertiary/aromatic N) is 4. The molecule has 0 saturated heterocycles. The van der Waals surface area contributed by atoms with Crippen molar-refractivity contribution in [3.8, 4) is 5.75 Å². The van der Waals surface area contributed by atoms with Crippen molar-refractivity contribution in [1.29, 1.82) is 0 Å². The normalized spacial score (nSPS) is 15.8. The Hall–Kier alpha value is -3.03. The van der Waals surface area contributed by atoms with Crippen LogP contribution in [0.3, 0.4) is 0 Å². The highest BCUT2D eigenvalue weighted by atomic mass is 16.5. The minimum atomic E-state index is -0.558. The van der Waals surface area contributed by atoms with Crippen molar-refractivity contribution in [2.24, 2.45) is 12.8 Å². The topological polar surface area (TPSA) is 93.7 Å². The van der Waals surface area contributed by atoms with Gasteiger partial charge in [0, 0.05) is 57.1 Å². The lowest BCUT2D eigenvalue weighted by Crippen LogP contribution is -2.43. The van der Waals surface area contributed by atoms with Gasteiger partial charge in [-0.3, -0.25) is 14.3 Å². The maximum atomic E-state index is 12.8. The van der Waals surface area contributed by atoms with Gasteiger partial charge in [0.2, 0.25) is 11.8 Å². The molecule has 0 fully saturated rings. The van der Waals surface area contributed by atoms with E-state index in [9.17, 15) is 9.59 Å². The van der Waals surface area contributed by atoms with Crippen molar-refractivity contribution in [3.63, 3.8) is 0 Å². The second-order valence-corrected chi connectivity index (χ2v) is 6.97. The van der Waals surface area contributed by atoms with Gasteiger partial charge in [-0.2, -0.15) is 5.10 Å². The molecule has 2 N–H and O–H groups in total. The van der Waals surface area contributed by atoms with E-state index >= 15 is 0 Å². The zero-order chi connectivity index (χ0) is 20.3. The van der Waals surface area contributed by atoms with E-state index in [4.69, 9.17) is 10.5 Å². The number of anilines is 1. The molecule has 28 heavy (non-hydrogen) atoms. The zero-order valence-corrected chi connectivity index (χ0v) is 16.6. The summed E-state index contributed by atoms with van der Waals surface area (Å²) in [5, 5.41) is 4.35. The summed E-state index contributed by atoms with van der Waals surface area (Å²) in [4.78, 5) is 28.5. The molecule has 1 aliphatic heterocycles. The molecule has 150 valence electrons. The third-order valence-corrected chi connectivity index (χ3v) is 5.14. The number of carbonyl (C=O) groups is 2. The van der Waals surface area contributed by atoms with Crippen LogP contribution in [0.4, 0.5) is 5.69 Å². The van der Waals surface area contributed by atoms with Crippen LogP contribution >= 0.6 is 0 Å². The van der Waals surface area contributed by atoms with Gasteiger partial charge in [0.15, 0.2) is 0 Å². The summed E-state index contributed by atoms with van der Waals surface area (Å²) in [5.41, 5.74) is 8.16. The molecule has 3 rings (SSSR count). The lowest BCUT2D eigenvalue weighted by Gasteiger charge is -2.31. The number of carbonyl (C=O) groups excluding carboxylic acids is 2. The Bertz CT molecular complexity index is 846. The molecule has 1 aromatic carbocycles. The predicted molar refractivity (Wildman–Crippen MR) is 106 cm³/mol. The summed E-state index contributed by atoms with van der Waals surface area (Å²) in [7, 11) is 3.44. The van der Waals surface area contributed by atoms with E-state index in [1.807, 2.05) is 30.5 Å². The van der Waals surface area contributed by atoms with E-state index in [0.29, 0.717) is 25.2 Å². The van der Waals surface area contributed by atoms with Crippen LogP contribution in [-0.4, -0.2) is 53.2 Å². The molecule has 2 aromatic rings. The number of primary amides is 1. The Labute approximate surface area is 164 Å². The van der Waals surface area contributed by atoms with Crippen molar-refractivity contribution in [2.75, 3.05) is 31.6 Å². The molecule has 8 nitrogen and oxygen atoms in total. The Morgan fingerprint density at radius 2 is 2.04 bits per heavy atom.